The second-order valence-corrected chi connectivity index (χ2v) is 7.12. The maximum absolute atomic E-state index is 11.7. The monoisotopic (exact) mass is 415 g/mol. The Balaban J connectivity index is 1.58. The van der Waals surface area contributed by atoms with Crippen molar-refractivity contribution in [2.45, 2.75) is 12.8 Å². The Bertz CT molecular complexity index is 967. The predicted octanol–water partition coefficient (Wildman–Crippen LogP) is 2.80. The number of carbonyl (C=O) groups is 1. The summed E-state index contributed by atoms with van der Waals surface area (Å²) in [6.45, 7) is 1.10. The number of nitrogens with zero attached hydrogens (tertiary/aromatic N) is 3. The van der Waals surface area contributed by atoms with Gasteiger partial charge in [0, 0.05) is 30.6 Å². The first-order valence-electron chi connectivity index (χ1n) is 8.47. The molecule has 0 bridgehead atoms. The van der Waals surface area contributed by atoms with Gasteiger partial charge in [-0.15, -0.1) is 0 Å². The van der Waals surface area contributed by atoms with Crippen LogP contribution in [0.2, 0.25) is 0 Å². The third-order valence-corrected chi connectivity index (χ3v) is 4.85. The van der Waals surface area contributed by atoms with Gasteiger partial charge in [0.2, 0.25) is 5.91 Å². The normalized spacial score (nSPS) is 13.7. The fraction of sp³-hybridized carbons (Fsp3) is 0.278. The van der Waals surface area contributed by atoms with Gasteiger partial charge in [0.25, 0.3) is 0 Å². The van der Waals surface area contributed by atoms with Gasteiger partial charge in [-0.3, -0.25) is 4.79 Å². The van der Waals surface area contributed by atoms with Crippen molar-refractivity contribution in [2.75, 3.05) is 18.4 Å². The number of anilines is 1. The van der Waals surface area contributed by atoms with Gasteiger partial charge in [-0.05, 0) is 40.9 Å². The molecule has 0 aliphatic heterocycles. The lowest BCUT2D eigenvalue weighted by molar-refractivity contribution is -0.122. The van der Waals surface area contributed by atoms with Crippen LogP contribution in [0.3, 0.4) is 0 Å². The summed E-state index contributed by atoms with van der Waals surface area (Å²) in [5.41, 5.74) is 1.93. The average molecular weight is 416 g/mol. The molecule has 134 valence electrons. The molecule has 4 rings (SSSR count). The number of rotatable bonds is 6. The summed E-state index contributed by atoms with van der Waals surface area (Å²) in [5.74, 6) is 1.24. The maximum Gasteiger partial charge on any atom is 0.223 e. The van der Waals surface area contributed by atoms with Crippen LogP contribution in [0, 0.1) is 5.92 Å². The summed E-state index contributed by atoms with van der Waals surface area (Å²) in [6.07, 6.45) is 3.67. The van der Waals surface area contributed by atoms with E-state index in [-0.39, 0.29) is 17.6 Å². The summed E-state index contributed by atoms with van der Waals surface area (Å²) in [7, 11) is 0. The number of carbonyl (C=O) groups excluding carboxylic acids is 1. The molecule has 1 saturated carbocycles. The third kappa shape index (κ3) is 3.37. The molecule has 1 aliphatic rings. The SMILES string of the molecule is O=C(NCCNc1cc(-c2ccccc2O)nc2c(Br)cnn12)C1CC1. The first-order valence-corrected chi connectivity index (χ1v) is 9.27. The highest BCUT2D eigenvalue weighted by Gasteiger charge is 2.29. The minimum atomic E-state index is 0.128. The Labute approximate surface area is 158 Å². The van der Waals surface area contributed by atoms with E-state index in [2.05, 4.69) is 36.6 Å². The fourth-order valence-corrected chi connectivity index (χ4v) is 3.10. The van der Waals surface area contributed by atoms with Crippen LogP contribution >= 0.6 is 15.9 Å². The van der Waals surface area contributed by atoms with E-state index >= 15 is 0 Å². The number of fused-ring (bicyclic) bond motifs is 1. The molecule has 1 amide bonds. The fourth-order valence-electron chi connectivity index (χ4n) is 2.76. The molecule has 0 unspecified atom stereocenters. The second-order valence-electron chi connectivity index (χ2n) is 6.26. The zero-order valence-corrected chi connectivity index (χ0v) is 15.5. The van der Waals surface area contributed by atoms with Crippen LogP contribution in [-0.4, -0.2) is 38.7 Å². The molecule has 1 aromatic carbocycles. The van der Waals surface area contributed by atoms with Crippen molar-refractivity contribution in [3.63, 3.8) is 0 Å². The molecule has 2 heterocycles. The van der Waals surface area contributed by atoms with Gasteiger partial charge in [-0.2, -0.15) is 9.61 Å². The number of hydrogen-bond donors (Lipinski definition) is 3. The highest BCUT2D eigenvalue weighted by Crippen LogP contribution is 2.31. The van der Waals surface area contributed by atoms with Gasteiger partial charge in [0.05, 0.1) is 16.4 Å². The lowest BCUT2D eigenvalue weighted by Gasteiger charge is -2.12. The van der Waals surface area contributed by atoms with E-state index in [4.69, 9.17) is 0 Å². The van der Waals surface area contributed by atoms with Gasteiger partial charge in [0.1, 0.15) is 11.6 Å². The quantitative estimate of drug-likeness (QED) is 0.538. The summed E-state index contributed by atoms with van der Waals surface area (Å²) >= 11 is 3.46. The van der Waals surface area contributed by atoms with Crippen LogP contribution < -0.4 is 10.6 Å². The van der Waals surface area contributed by atoms with Gasteiger partial charge in [0.15, 0.2) is 5.65 Å². The third-order valence-electron chi connectivity index (χ3n) is 4.29. The zero-order valence-electron chi connectivity index (χ0n) is 13.9. The predicted molar refractivity (Wildman–Crippen MR) is 102 cm³/mol. The van der Waals surface area contributed by atoms with Gasteiger partial charge < -0.3 is 15.7 Å². The molecule has 3 aromatic rings. The minimum absolute atomic E-state index is 0.128. The van der Waals surface area contributed by atoms with Crippen LogP contribution in [0.25, 0.3) is 16.9 Å². The first-order chi connectivity index (χ1) is 12.6. The molecule has 0 saturated heterocycles. The Kier molecular flexibility index (Phi) is 4.50. The van der Waals surface area contributed by atoms with E-state index in [1.165, 1.54) is 0 Å². The lowest BCUT2D eigenvalue weighted by atomic mass is 10.1. The first kappa shape index (κ1) is 16.8. The van der Waals surface area contributed by atoms with E-state index in [0.717, 1.165) is 23.1 Å². The van der Waals surface area contributed by atoms with Crippen molar-refractivity contribution in [3.8, 4) is 17.0 Å². The van der Waals surface area contributed by atoms with Crippen molar-refractivity contribution in [1.82, 2.24) is 19.9 Å². The standard InChI is InChI=1S/C18H18BrN5O2/c19-13-10-22-24-16(20-7-8-21-18(26)11-5-6-11)9-14(23-17(13)24)12-3-1-2-4-15(12)25/h1-4,9-11,20,25H,5-8H2,(H,21,26). The van der Waals surface area contributed by atoms with Gasteiger partial charge in [-0.25, -0.2) is 4.98 Å². The Hall–Kier alpha value is -2.61. The van der Waals surface area contributed by atoms with E-state index in [1.807, 2.05) is 18.2 Å². The van der Waals surface area contributed by atoms with Crippen LogP contribution in [0.5, 0.6) is 5.75 Å². The number of para-hydroxylation sites is 1. The number of hydrogen-bond acceptors (Lipinski definition) is 5. The maximum atomic E-state index is 11.7. The lowest BCUT2D eigenvalue weighted by Crippen LogP contribution is -2.30. The zero-order chi connectivity index (χ0) is 18.1. The summed E-state index contributed by atoms with van der Waals surface area (Å²) < 4.78 is 2.45. The highest BCUT2D eigenvalue weighted by molar-refractivity contribution is 9.10. The largest absolute Gasteiger partial charge is 0.507 e. The van der Waals surface area contributed by atoms with Crippen LogP contribution in [-0.2, 0) is 4.79 Å². The second kappa shape index (κ2) is 6.95. The summed E-state index contributed by atoms with van der Waals surface area (Å²) in [5, 5.41) is 20.7. The topological polar surface area (TPSA) is 91.5 Å². The molecule has 2 aromatic heterocycles. The highest BCUT2D eigenvalue weighted by atomic mass is 79.9. The van der Waals surface area contributed by atoms with Gasteiger partial charge >= 0.3 is 0 Å². The van der Waals surface area contributed by atoms with Gasteiger partial charge in [-0.1, -0.05) is 12.1 Å². The number of phenolic OH excluding ortho intramolecular Hbond substituents is 1. The Morgan fingerprint density at radius 1 is 1.31 bits per heavy atom. The summed E-state index contributed by atoms with van der Waals surface area (Å²) in [4.78, 5) is 16.3. The van der Waals surface area contributed by atoms with Crippen molar-refractivity contribution >= 4 is 33.3 Å². The Morgan fingerprint density at radius 2 is 2.12 bits per heavy atom. The molecular formula is C18H18BrN5O2. The number of halogens is 1. The number of aromatic nitrogens is 3. The molecule has 8 heteroatoms. The van der Waals surface area contributed by atoms with Crippen LogP contribution in [0.15, 0.2) is 41.0 Å². The summed E-state index contributed by atoms with van der Waals surface area (Å²) in [6, 6.07) is 8.91. The van der Waals surface area contributed by atoms with Crippen LogP contribution in [0.4, 0.5) is 5.82 Å². The van der Waals surface area contributed by atoms with E-state index < -0.39 is 0 Å². The smallest absolute Gasteiger partial charge is 0.223 e. The van der Waals surface area contributed by atoms with Crippen molar-refractivity contribution in [3.05, 3.63) is 41.0 Å². The van der Waals surface area contributed by atoms with Crippen LogP contribution in [0.1, 0.15) is 12.8 Å². The molecule has 0 radical (unpaired) electrons. The molecule has 26 heavy (non-hydrogen) atoms. The number of phenols is 1. The minimum Gasteiger partial charge on any atom is -0.507 e. The van der Waals surface area contributed by atoms with E-state index in [0.29, 0.717) is 30.0 Å². The van der Waals surface area contributed by atoms with Crippen molar-refractivity contribution < 1.29 is 9.90 Å². The molecule has 3 N–H and O–H groups in total. The molecule has 1 aliphatic carbocycles. The molecule has 1 fully saturated rings. The molecular weight excluding hydrogens is 398 g/mol. The van der Waals surface area contributed by atoms with E-state index in [9.17, 15) is 9.90 Å². The number of benzene rings is 1. The Morgan fingerprint density at radius 3 is 2.88 bits per heavy atom. The average Bonchev–Trinajstić information content (AvgIpc) is 3.43. The van der Waals surface area contributed by atoms with E-state index in [1.54, 1.807) is 22.8 Å². The number of amides is 1. The number of nitrogens with one attached hydrogen (secondary N) is 2. The van der Waals surface area contributed by atoms with Crippen molar-refractivity contribution in [1.29, 1.82) is 0 Å². The molecule has 0 spiro atoms. The molecule has 0 atom stereocenters. The van der Waals surface area contributed by atoms with Crippen molar-refractivity contribution in [2.24, 2.45) is 5.92 Å². The molecule has 7 nitrogen and oxygen atoms in total. The number of aromatic hydroxyl groups is 1.